The van der Waals surface area contributed by atoms with E-state index >= 15 is 4.79 Å². The van der Waals surface area contributed by atoms with Crippen molar-refractivity contribution < 1.29 is 62.6 Å². The number of carbonyl (C=O) groups is 5. The maximum Gasteiger partial charge on any atom is 0.355 e. The normalized spacial score (nSPS) is 39.7. The molecule has 1 saturated carbocycles. The van der Waals surface area contributed by atoms with Gasteiger partial charge in [0.1, 0.15) is 24.6 Å². The van der Waals surface area contributed by atoms with Crippen molar-refractivity contribution in [3.05, 3.63) is 23.3 Å². The number of allylic oxidation sites excluding steroid dienone is 3. The molecular weight excluding hydrogens is 801 g/mol. The average Bonchev–Trinajstić information content (AvgIpc) is 3.25. The summed E-state index contributed by atoms with van der Waals surface area (Å²) in [5.41, 5.74) is -0.424. The number of rotatable bonds is 9. The third-order valence-corrected chi connectivity index (χ3v) is 13.8. The molecule has 1 amide bonds. The zero-order valence-corrected chi connectivity index (χ0v) is 38.2. The highest BCUT2D eigenvalue weighted by atomic mass is 16.7. The van der Waals surface area contributed by atoms with E-state index in [4.69, 9.17) is 33.4 Å². The number of esters is 2. The third-order valence-electron chi connectivity index (χ3n) is 13.8. The molecule has 0 aromatic rings. The second-order valence-electron chi connectivity index (χ2n) is 18.6. The molecular formula is C47H72N2O13. The fraction of sp³-hybridized carbons (Fsp3) is 0.787. The van der Waals surface area contributed by atoms with Gasteiger partial charge >= 0.3 is 11.9 Å². The van der Waals surface area contributed by atoms with Gasteiger partial charge in [0.2, 0.25) is 11.4 Å². The topological polar surface area (TPSA) is 197 Å². The number of ketones is 2. The maximum atomic E-state index is 15.0. The second kappa shape index (κ2) is 22.0. The number of nitrogens with zero attached hydrogens (tertiary/aromatic N) is 2. The largest absolute Gasteiger partial charge is 0.464 e. The van der Waals surface area contributed by atoms with Gasteiger partial charge < -0.3 is 43.5 Å². The minimum Gasteiger partial charge on any atom is -0.464 e. The van der Waals surface area contributed by atoms with Crippen LogP contribution < -0.4 is 0 Å². The van der Waals surface area contributed by atoms with E-state index in [1.165, 1.54) is 20.4 Å². The van der Waals surface area contributed by atoms with E-state index in [2.05, 4.69) is 0 Å². The number of ether oxygens (including phenoxy) is 6. The summed E-state index contributed by atoms with van der Waals surface area (Å²) in [7, 11) is 3.05. The first kappa shape index (κ1) is 49.7. The Hall–Kier alpha value is -3.34. The van der Waals surface area contributed by atoms with Crippen LogP contribution in [0.1, 0.15) is 125 Å². The van der Waals surface area contributed by atoms with Gasteiger partial charge in [-0.1, -0.05) is 45.4 Å². The lowest BCUT2D eigenvalue weighted by Gasteiger charge is -2.48. The van der Waals surface area contributed by atoms with E-state index in [-0.39, 0.29) is 68.5 Å². The molecule has 4 heterocycles. The molecule has 348 valence electrons. The van der Waals surface area contributed by atoms with Crippen molar-refractivity contribution in [1.29, 1.82) is 0 Å². The summed E-state index contributed by atoms with van der Waals surface area (Å²) in [6.45, 7) is 11.3. The number of hydrogen-bond donors (Lipinski definition) is 2. The van der Waals surface area contributed by atoms with E-state index in [9.17, 15) is 29.4 Å². The van der Waals surface area contributed by atoms with Crippen LogP contribution in [0.15, 0.2) is 28.3 Å². The molecule has 2 saturated heterocycles. The molecule has 3 fully saturated rings. The first-order chi connectivity index (χ1) is 29.5. The fourth-order valence-electron chi connectivity index (χ4n) is 10.1. The van der Waals surface area contributed by atoms with E-state index in [0.29, 0.717) is 50.7 Å². The number of carbonyl (C=O) groups excluding carboxylic acids is 5. The minimum atomic E-state index is -2.57. The Morgan fingerprint density at radius 3 is 2.39 bits per heavy atom. The van der Waals surface area contributed by atoms with Crippen molar-refractivity contribution >= 4 is 35.6 Å². The van der Waals surface area contributed by atoms with Gasteiger partial charge in [-0.15, -0.1) is 0 Å². The molecule has 1 spiro atoms. The van der Waals surface area contributed by atoms with Crippen molar-refractivity contribution in [2.24, 2.45) is 34.6 Å². The Bertz CT molecular complexity index is 1690. The molecule has 4 bridgehead atoms. The fourth-order valence-corrected chi connectivity index (χ4v) is 10.1. The van der Waals surface area contributed by atoms with Gasteiger partial charge in [0.15, 0.2) is 0 Å². The lowest BCUT2D eigenvalue weighted by molar-refractivity contribution is -0.302. The monoisotopic (exact) mass is 873 g/mol. The summed E-state index contributed by atoms with van der Waals surface area (Å²) in [6, 6.07) is 0. The number of piperidine rings is 1. The van der Waals surface area contributed by atoms with E-state index in [1.807, 2.05) is 39.8 Å². The number of aliphatic hydroxyl groups excluding tert-OH is 1. The zero-order valence-electron chi connectivity index (χ0n) is 38.2. The molecule has 15 nitrogen and oxygen atoms in total. The van der Waals surface area contributed by atoms with Crippen LogP contribution >= 0.6 is 0 Å². The van der Waals surface area contributed by atoms with E-state index < -0.39 is 77.4 Å². The Labute approximate surface area is 367 Å². The summed E-state index contributed by atoms with van der Waals surface area (Å²) in [4.78, 5) is 76.5. The lowest BCUT2D eigenvalue weighted by Crippen LogP contribution is -2.67. The Morgan fingerprint density at radius 2 is 1.71 bits per heavy atom. The van der Waals surface area contributed by atoms with Crippen molar-refractivity contribution in [2.45, 2.75) is 173 Å². The molecule has 0 radical (unpaired) electrons. The highest BCUT2D eigenvalue weighted by molar-refractivity contribution is 6.39. The number of hydrogen-bond acceptors (Lipinski definition) is 14. The number of cyclic esters (lactones) is 1. The number of aliphatic imine (C=N–C) groups is 1. The van der Waals surface area contributed by atoms with Gasteiger partial charge in [-0.25, -0.2) is 9.59 Å². The van der Waals surface area contributed by atoms with Gasteiger partial charge in [0.25, 0.3) is 11.7 Å². The third kappa shape index (κ3) is 11.5. The second-order valence-corrected chi connectivity index (χ2v) is 18.6. The molecule has 11 atom stereocenters. The molecule has 62 heavy (non-hydrogen) atoms. The predicted octanol–water partition coefficient (Wildman–Crippen LogP) is 5.22. The molecule has 2 N–H and O–H groups in total. The number of fused-ring (bicyclic) bond motifs is 4. The van der Waals surface area contributed by atoms with Gasteiger partial charge in [-0.2, -0.15) is 0 Å². The van der Waals surface area contributed by atoms with Crippen LogP contribution in [0.5, 0.6) is 0 Å². The summed E-state index contributed by atoms with van der Waals surface area (Å²) >= 11 is 0. The summed E-state index contributed by atoms with van der Waals surface area (Å²) in [6.07, 6.45) is 6.66. The van der Waals surface area contributed by atoms with Gasteiger partial charge in [0, 0.05) is 57.6 Å². The molecule has 0 aromatic heterocycles. The van der Waals surface area contributed by atoms with Crippen molar-refractivity contribution in [2.75, 3.05) is 34.0 Å². The Morgan fingerprint density at radius 1 is 1.02 bits per heavy atom. The number of Topliss-reactive ketones (excluding diaryl/α,β-unsaturated/α-hetero) is 2. The van der Waals surface area contributed by atoms with Crippen LogP contribution in [0.2, 0.25) is 0 Å². The van der Waals surface area contributed by atoms with E-state index in [0.717, 1.165) is 29.7 Å². The van der Waals surface area contributed by atoms with Crippen LogP contribution in [-0.4, -0.2) is 133 Å². The number of aliphatic hydroxyl groups is 2. The smallest absolute Gasteiger partial charge is 0.355 e. The molecule has 0 unspecified atom stereocenters. The minimum absolute atomic E-state index is 0.00198. The van der Waals surface area contributed by atoms with Crippen LogP contribution in [0.4, 0.5) is 0 Å². The highest BCUT2D eigenvalue weighted by Gasteiger charge is 2.59. The van der Waals surface area contributed by atoms with Gasteiger partial charge in [-0.3, -0.25) is 19.4 Å². The molecule has 0 aromatic carbocycles. The van der Waals surface area contributed by atoms with E-state index in [1.54, 1.807) is 13.8 Å². The van der Waals surface area contributed by atoms with Gasteiger partial charge in [0.05, 0.1) is 31.0 Å². The zero-order chi connectivity index (χ0) is 45.4. The van der Waals surface area contributed by atoms with Crippen molar-refractivity contribution in [3.8, 4) is 0 Å². The maximum absolute atomic E-state index is 15.0. The van der Waals surface area contributed by atoms with Crippen molar-refractivity contribution in [3.63, 3.8) is 0 Å². The lowest BCUT2D eigenvalue weighted by atomic mass is 9.82. The van der Waals surface area contributed by atoms with Crippen LogP contribution in [0, 0.1) is 29.6 Å². The average molecular weight is 873 g/mol. The summed E-state index contributed by atoms with van der Waals surface area (Å²) < 4.78 is 35.4. The SMILES string of the molecule is CCCOC(=O)COC1CCC(/C=C(\C)[C@H]2OC(=O)[C@]34CCCCN3C(=O)C(=O)[C@]3(O)O[C@H]([C@@H](OC)C[C@@H](C)C/C(C)=C/[C@@H](C/C=N\4)C(=O)C[C@H](O)[C@H]2C)[C@@H](OC)C[C@H]3C)CC1. The van der Waals surface area contributed by atoms with Crippen LogP contribution in [0.3, 0.4) is 0 Å². The number of methoxy groups -OCH3 is 2. The first-order valence-electron chi connectivity index (χ1n) is 22.9. The molecule has 4 aliphatic heterocycles. The van der Waals surface area contributed by atoms with Crippen LogP contribution in [0.25, 0.3) is 0 Å². The predicted molar refractivity (Wildman–Crippen MR) is 229 cm³/mol. The van der Waals surface area contributed by atoms with Gasteiger partial charge in [-0.05, 0) is 102 Å². The standard InChI is InChI=1S/C47H72N2O13/c1-9-20-59-40(52)27-60-35-14-12-33(13-15-35)24-30(4)41-32(6)36(50)26-37(51)34-16-18-48-46(45(55)61-41)17-10-11-19-49(46)44(54)43(53)47(56)31(5)25-39(58-8)42(62-47)38(57-7)23-29(3)21-28(2)22-34/h18,22,24,29,31-36,38-39,41-42,50,56H,9-17,19-21,23,25-27H2,1-8H3/b28-22+,30-24+,48-18-/t29-,31+,32+,33?,34+,35?,36-,38-,39-,41+,42+,46-,47+/m0/s1. The molecule has 5 aliphatic rings. The molecule has 1 aliphatic carbocycles. The quantitative estimate of drug-likeness (QED) is 0.174. The Kier molecular flexibility index (Phi) is 17.7. The molecule has 5 rings (SSSR count). The van der Waals surface area contributed by atoms with Crippen LogP contribution in [-0.2, 0) is 52.4 Å². The summed E-state index contributed by atoms with van der Waals surface area (Å²) in [5.74, 6) is -8.66. The highest BCUT2D eigenvalue weighted by Crippen LogP contribution is 2.41. The number of amides is 1. The Balaban J connectivity index is 1.54. The molecule has 15 heteroatoms. The summed E-state index contributed by atoms with van der Waals surface area (Å²) in [5, 5.41) is 24.0. The first-order valence-corrected chi connectivity index (χ1v) is 22.9. The van der Waals surface area contributed by atoms with Crippen molar-refractivity contribution in [1.82, 2.24) is 4.90 Å².